The van der Waals surface area contributed by atoms with Crippen LogP contribution in [0.1, 0.15) is 17.5 Å². The summed E-state index contributed by atoms with van der Waals surface area (Å²) in [5, 5.41) is 12.3. The van der Waals surface area contributed by atoms with E-state index in [0.29, 0.717) is 30.3 Å². The fourth-order valence-corrected chi connectivity index (χ4v) is 3.37. The average Bonchev–Trinajstić information content (AvgIpc) is 2.79. The first kappa shape index (κ1) is 20.4. The average molecular weight is 419 g/mol. The minimum absolute atomic E-state index is 0.179. The molecule has 0 fully saturated rings. The highest BCUT2D eigenvalue weighted by atomic mass is 19.1. The number of hydrogen-bond donors (Lipinski definition) is 2. The fraction of sp³-hybridized carbons (Fsp3) is 0.167. The molecule has 1 aromatic heterocycles. The smallest absolute Gasteiger partial charge is 0.317 e. The molecule has 0 saturated heterocycles. The highest BCUT2D eigenvalue weighted by Gasteiger charge is 2.18. The molecule has 7 heteroatoms. The molecule has 0 spiro atoms. The van der Waals surface area contributed by atoms with Crippen molar-refractivity contribution in [1.82, 2.24) is 15.2 Å². The summed E-state index contributed by atoms with van der Waals surface area (Å²) in [4.78, 5) is 18.6. The molecule has 4 rings (SSSR count). The van der Waals surface area contributed by atoms with Crippen LogP contribution in [0.3, 0.4) is 0 Å². The summed E-state index contributed by atoms with van der Waals surface area (Å²) in [5.41, 5.74) is 2.90. The lowest BCUT2D eigenvalue weighted by molar-refractivity contribution is 0.202. The molecule has 0 bridgehead atoms. The van der Waals surface area contributed by atoms with Crippen LogP contribution in [0.15, 0.2) is 72.9 Å². The lowest BCUT2D eigenvalue weighted by atomic mass is 9.99. The summed E-state index contributed by atoms with van der Waals surface area (Å²) in [6, 6.07) is 16.3. The van der Waals surface area contributed by atoms with E-state index in [0.717, 1.165) is 17.6 Å². The minimum Gasteiger partial charge on any atom is -0.508 e. The molecule has 3 aromatic rings. The molecule has 0 aliphatic carbocycles. The van der Waals surface area contributed by atoms with Crippen molar-refractivity contribution in [2.24, 2.45) is 0 Å². The molecule has 2 N–H and O–H groups in total. The second-order valence-electron chi connectivity index (χ2n) is 7.16. The maximum absolute atomic E-state index is 13.4. The van der Waals surface area contributed by atoms with Crippen LogP contribution in [-0.4, -0.2) is 34.1 Å². The predicted octanol–water partition coefficient (Wildman–Crippen LogP) is 4.72. The van der Waals surface area contributed by atoms with E-state index in [1.54, 1.807) is 47.5 Å². The molecular formula is C24H22FN3O3. The van der Waals surface area contributed by atoms with Crippen LogP contribution in [0, 0.1) is 5.82 Å². The molecule has 1 aliphatic rings. The van der Waals surface area contributed by atoms with Crippen molar-refractivity contribution in [2.75, 3.05) is 13.1 Å². The van der Waals surface area contributed by atoms with Crippen LogP contribution in [0.2, 0.25) is 0 Å². The number of nitrogens with zero attached hydrogens (tertiary/aromatic N) is 2. The molecule has 1 aliphatic heterocycles. The summed E-state index contributed by atoms with van der Waals surface area (Å²) >= 11 is 0. The molecule has 6 nitrogen and oxygen atoms in total. The zero-order valence-corrected chi connectivity index (χ0v) is 16.8. The van der Waals surface area contributed by atoms with Gasteiger partial charge in [0.15, 0.2) is 0 Å². The molecule has 31 heavy (non-hydrogen) atoms. The maximum atomic E-state index is 13.4. The highest BCUT2D eigenvalue weighted by Crippen LogP contribution is 2.25. The Bertz CT molecular complexity index is 1100. The first-order valence-electron chi connectivity index (χ1n) is 9.97. The Labute approximate surface area is 179 Å². The number of rotatable bonds is 5. The molecule has 2 heterocycles. The first-order valence-corrected chi connectivity index (χ1v) is 9.97. The van der Waals surface area contributed by atoms with E-state index in [9.17, 15) is 14.3 Å². The Morgan fingerprint density at radius 2 is 2.00 bits per heavy atom. The van der Waals surface area contributed by atoms with E-state index in [4.69, 9.17) is 4.74 Å². The van der Waals surface area contributed by atoms with E-state index in [1.807, 2.05) is 18.2 Å². The summed E-state index contributed by atoms with van der Waals surface area (Å²) in [6.45, 7) is 1.34. The van der Waals surface area contributed by atoms with Gasteiger partial charge in [0.05, 0.1) is 0 Å². The van der Waals surface area contributed by atoms with Gasteiger partial charge < -0.3 is 20.1 Å². The van der Waals surface area contributed by atoms with Gasteiger partial charge in [0, 0.05) is 37.5 Å². The number of ether oxygens (including phenoxy) is 1. The Morgan fingerprint density at radius 3 is 2.74 bits per heavy atom. The molecule has 158 valence electrons. The summed E-state index contributed by atoms with van der Waals surface area (Å²) < 4.78 is 19.1. The van der Waals surface area contributed by atoms with Gasteiger partial charge >= 0.3 is 6.03 Å². The second-order valence-corrected chi connectivity index (χ2v) is 7.16. The van der Waals surface area contributed by atoms with E-state index in [2.05, 4.69) is 10.3 Å². The van der Waals surface area contributed by atoms with Gasteiger partial charge in [0.1, 0.15) is 17.3 Å². The van der Waals surface area contributed by atoms with Crippen LogP contribution >= 0.6 is 0 Å². The van der Waals surface area contributed by atoms with Gasteiger partial charge in [-0.05, 0) is 47.9 Å². The maximum Gasteiger partial charge on any atom is 0.317 e. The number of benzene rings is 2. The van der Waals surface area contributed by atoms with Crippen molar-refractivity contribution in [2.45, 2.75) is 13.0 Å². The van der Waals surface area contributed by atoms with Gasteiger partial charge in [-0.3, -0.25) is 0 Å². The predicted molar refractivity (Wildman–Crippen MR) is 115 cm³/mol. The van der Waals surface area contributed by atoms with E-state index in [1.165, 1.54) is 12.1 Å². The largest absolute Gasteiger partial charge is 0.508 e. The van der Waals surface area contributed by atoms with Gasteiger partial charge in [-0.1, -0.05) is 30.3 Å². The third kappa shape index (κ3) is 5.19. The number of aromatic hydroxyl groups is 1. The Morgan fingerprint density at radius 1 is 1.16 bits per heavy atom. The normalized spacial score (nSPS) is 13.5. The number of hydrogen-bond acceptors (Lipinski definition) is 4. The number of phenolic OH excluding ortho intramolecular Hbond substituents is 1. The number of phenols is 1. The van der Waals surface area contributed by atoms with Gasteiger partial charge in [-0.25, -0.2) is 14.2 Å². The molecule has 0 unspecified atom stereocenters. The fourth-order valence-electron chi connectivity index (χ4n) is 3.37. The molecule has 0 saturated carbocycles. The number of urea groups is 1. The van der Waals surface area contributed by atoms with E-state index in [-0.39, 0.29) is 18.3 Å². The molecular weight excluding hydrogens is 397 g/mol. The first-order chi connectivity index (χ1) is 15.1. The minimum atomic E-state index is -0.395. The molecule has 0 radical (unpaired) electrons. The van der Waals surface area contributed by atoms with Gasteiger partial charge in [-0.15, -0.1) is 0 Å². The van der Waals surface area contributed by atoms with Crippen molar-refractivity contribution < 1.29 is 19.0 Å². The SMILES string of the molecule is O=C(NCc1cccnc1Oc1cccc(F)c1)N1CC=C(c2ccc(O)cc2)CC1. The summed E-state index contributed by atoms with van der Waals surface area (Å²) in [5.74, 6) is 0.501. The van der Waals surface area contributed by atoms with E-state index < -0.39 is 5.82 Å². The number of halogens is 1. The second kappa shape index (κ2) is 9.30. The quantitative estimate of drug-likeness (QED) is 0.628. The number of nitrogens with one attached hydrogen (secondary N) is 1. The zero-order valence-electron chi connectivity index (χ0n) is 16.8. The standard InChI is InChI=1S/C24H22FN3O3/c25-20-4-1-5-22(15-20)31-23-19(3-2-12-26-23)16-27-24(30)28-13-10-18(11-14-28)17-6-8-21(29)9-7-17/h1-10,12,15,29H,11,13-14,16H2,(H,27,30). The Hall–Kier alpha value is -3.87. The monoisotopic (exact) mass is 419 g/mol. The lowest BCUT2D eigenvalue weighted by Crippen LogP contribution is -2.41. The van der Waals surface area contributed by atoms with Crippen molar-refractivity contribution in [3.8, 4) is 17.4 Å². The van der Waals surface area contributed by atoms with Crippen LogP contribution in [0.4, 0.5) is 9.18 Å². The summed E-state index contributed by atoms with van der Waals surface area (Å²) in [6.07, 6.45) is 4.34. The van der Waals surface area contributed by atoms with Crippen LogP contribution in [0.5, 0.6) is 17.4 Å². The highest BCUT2D eigenvalue weighted by molar-refractivity contribution is 5.76. The van der Waals surface area contributed by atoms with Crippen LogP contribution < -0.4 is 10.1 Å². The third-order valence-corrected chi connectivity index (χ3v) is 5.03. The van der Waals surface area contributed by atoms with Gasteiger partial charge in [0.2, 0.25) is 5.88 Å². The summed E-state index contributed by atoms with van der Waals surface area (Å²) in [7, 11) is 0. The van der Waals surface area contributed by atoms with Crippen LogP contribution in [-0.2, 0) is 6.54 Å². The van der Waals surface area contributed by atoms with E-state index >= 15 is 0 Å². The Kier molecular flexibility index (Phi) is 6.12. The molecule has 0 atom stereocenters. The van der Waals surface area contributed by atoms with Crippen molar-refractivity contribution >= 4 is 11.6 Å². The topological polar surface area (TPSA) is 74.7 Å². The number of carbonyl (C=O) groups excluding carboxylic acids is 1. The Balaban J connectivity index is 1.36. The van der Waals surface area contributed by atoms with Crippen LogP contribution in [0.25, 0.3) is 5.57 Å². The van der Waals surface area contributed by atoms with Crippen molar-refractivity contribution in [1.29, 1.82) is 0 Å². The number of carbonyl (C=O) groups is 1. The number of pyridine rings is 1. The third-order valence-electron chi connectivity index (χ3n) is 5.03. The molecule has 2 aromatic carbocycles. The number of amides is 2. The van der Waals surface area contributed by atoms with Gasteiger partial charge in [0.25, 0.3) is 0 Å². The number of aromatic nitrogens is 1. The lowest BCUT2D eigenvalue weighted by Gasteiger charge is -2.27. The zero-order chi connectivity index (χ0) is 21.6. The van der Waals surface area contributed by atoms with Crippen molar-refractivity contribution in [3.05, 3.63) is 89.9 Å². The van der Waals surface area contributed by atoms with Gasteiger partial charge in [-0.2, -0.15) is 0 Å². The molecule has 2 amide bonds. The van der Waals surface area contributed by atoms with Crippen molar-refractivity contribution in [3.63, 3.8) is 0 Å².